The van der Waals surface area contributed by atoms with E-state index >= 15 is 0 Å². The lowest BCUT2D eigenvalue weighted by atomic mass is 9.97. The standard InChI is InChI=1S/C14H21N5O2/c1-5-15-11-7-6-10(16-17-11)12(20)19-9-8-18(4)13(21)14(19,2)3/h6-7H,5,8-9H2,1-4H3,(H,15,17). The average molecular weight is 291 g/mol. The highest BCUT2D eigenvalue weighted by atomic mass is 16.2. The molecule has 2 heterocycles. The second-order valence-electron chi connectivity index (χ2n) is 5.58. The number of carbonyl (C=O) groups is 2. The lowest BCUT2D eigenvalue weighted by Gasteiger charge is -2.44. The number of piperazine rings is 1. The van der Waals surface area contributed by atoms with Crippen LogP contribution < -0.4 is 5.32 Å². The molecule has 21 heavy (non-hydrogen) atoms. The van der Waals surface area contributed by atoms with Gasteiger partial charge in [0.05, 0.1) is 0 Å². The number of likely N-dealkylation sites (N-methyl/N-ethyl adjacent to an activating group) is 1. The molecule has 0 spiro atoms. The Labute approximate surface area is 124 Å². The van der Waals surface area contributed by atoms with Crippen molar-refractivity contribution >= 4 is 17.6 Å². The number of amides is 2. The first-order valence-corrected chi connectivity index (χ1v) is 7.03. The molecule has 0 saturated carbocycles. The minimum atomic E-state index is -0.869. The van der Waals surface area contributed by atoms with Gasteiger partial charge >= 0.3 is 0 Å². The van der Waals surface area contributed by atoms with Gasteiger partial charge < -0.3 is 15.1 Å². The Bertz CT molecular complexity index is 541. The van der Waals surface area contributed by atoms with Crippen molar-refractivity contribution in [1.29, 1.82) is 0 Å². The summed E-state index contributed by atoms with van der Waals surface area (Å²) in [6.07, 6.45) is 0. The highest BCUT2D eigenvalue weighted by Gasteiger charge is 2.43. The van der Waals surface area contributed by atoms with Crippen LogP contribution in [-0.2, 0) is 4.79 Å². The van der Waals surface area contributed by atoms with Crippen LogP contribution in [0.3, 0.4) is 0 Å². The Morgan fingerprint density at radius 2 is 2.05 bits per heavy atom. The van der Waals surface area contributed by atoms with Crippen LogP contribution in [0, 0.1) is 0 Å². The number of anilines is 1. The monoisotopic (exact) mass is 291 g/mol. The Morgan fingerprint density at radius 3 is 2.62 bits per heavy atom. The van der Waals surface area contributed by atoms with E-state index in [0.29, 0.717) is 18.9 Å². The zero-order chi connectivity index (χ0) is 15.6. The first kappa shape index (κ1) is 15.2. The summed E-state index contributed by atoms with van der Waals surface area (Å²) in [5.41, 5.74) is -0.617. The third-order valence-electron chi connectivity index (χ3n) is 3.69. The molecule has 0 unspecified atom stereocenters. The zero-order valence-electron chi connectivity index (χ0n) is 12.9. The smallest absolute Gasteiger partial charge is 0.275 e. The van der Waals surface area contributed by atoms with Gasteiger partial charge in [0, 0.05) is 26.7 Å². The summed E-state index contributed by atoms with van der Waals surface area (Å²) in [5, 5.41) is 10.9. The van der Waals surface area contributed by atoms with Gasteiger partial charge in [-0.1, -0.05) is 0 Å². The summed E-state index contributed by atoms with van der Waals surface area (Å²) < 4.78 is 0. The van der Waals surface area contributed by atoms with Crippen molar-refractivity contribution < 1.29 is 9.59 Å². The van der Waals surface area contributed by atoms with Crippen molar-refractivity contribution in [1.82, 2.24) is 20.0 Å². The molecule has 114 valence electrons. The van der Waals surface area contributed by atoms with Crippen molar-refractivity contribution in [3.8, 4) is 0 Å². The fourth-order valence-electron chi connectivity index (χ4n) is 2.43. The second kappa shape index (κ2) is 5.67. The van der Waals surface area contributed by atoms with Crippen LogP contribution in [0.5, 0.6) is 0 Å². The van der Waals surface area contributed by atoms with E-state index in [-0.39, 0.29) is 17.5 Å². The van der Waals surface area contributed by atoms with Gasteiger partial charge in [0.1, 0.15) is 11.4 Å². The van der Waals surface area contributed by atoms with Gasteiger partial charge in [0.2, 0.25) is 5.91 Å². The van der Waals surface area contributed by atoms with Gasteiger partial charge in [0.15, 0.2) is 5.69 Å². The molecule has 1 aliphatic heterocycles. The molecule has 0 aliphatic carbocycles. The van der Waals surface area contributed by atoms with E-state index in [9.17, 15) is 9.59 Å². The quantitative estimate of drug-likeness (QED) is 0.882. The third kappa shape index (κ3) is 2.81. The van der Waals surface area contributed by atoms with E-state index in [1.165, 1.54) is 0 Å². The molecule has 1 aromatic heterocycles. The maximum atomic E-state index is 12.6. The van der Waals surface area contributed by atoms with Crippen LogP contribution in [0.1, 0.15) is 31.3 Å². The van der Waals surface area contributed by atoms with Crippen LogP contribution in [0.4, 0.5) is 5.82 Å². The van der Waals surface area contributed by atoms with Gasteiger partial charge in [-0.25, -0.2) is 0 Å². The van der Waals surface area contributed by atoms with Crippen LogP contribution in [0.15, 0.2) is 12.1 Å². The van der Waals surface area contributed by atoms with Crippen molar-refractivity contribution in [2.45, 2.75) is 26.3 Å². The molecule has 2 amide bonds. The number of aromatic nitrogens is 2. The topological polar surface area (TPSA) is 78.4 Å². The van der Waals surface area contributed by atoms with E-state index in [2.05, 4.69) is 15.5 Å². The van der Waals surface area contributed by atoms with Crippen LogP contribution in [0.2, 0.25) is 0 Å². The average Bonchev–Trinajstić information content (AvgIpc) is 2.45. The van der Waals surface area contributed by atoms with Crippen molar-refractivity contribution in [3.63, 3.8) is 0 Å². The number of nitrogens with one attached hydrogen (secondary N) is 1. The lowest BCUT2D eigenvalue weighted by Crippen LogP contribution is -2.63. The van der Waals surface area contributed by atoms with Gasteiger partial charge in [-0.15, -0.1) is 10.2 Å². The fourth-order valence-corrected chi connectivity index (χ4v) is 2.43. The second-order valence-corrected chi connectivity index (χ2v) is 5.58. The van der Waals surface area contributed by atoms with E-state index < -0.39 is 5.54 Å². The number of hydrogen-bond acceptors (Lipinski definition) is 5. The molecule has 0 radical (unpaired) electrons. The highest BCUT2D eigenvalue weighted by molar-refractivity contribution is 5.98. The predicted molar refractivity (Wildman–Crippen MR) is 78.9 cm³/mol. The van der Waals surface area contributed by atoms with Crippen molar-refractivity contribution in [2.75, 3.05) is 32.0 Å². The van der Waals surface area contributed by atoms with Gasteiger partial charge in [-0.05, 0) is 32.9 Å². The van der Waals surface area contributed by atoms with Crippen molar-refractivity contribution in [2.24, 2.45) is 0 Å². The molecule has 7 heteroatoms. The number of rotatable bonds is 3. The molecule has 1 fully saturated rings. The molecule has 0 atom stereocenters. The van der Waals surface area contributed by atoms with E-state index in [4.69, 9.17) is 0 Å². The molecule has 0 aromatic carbocycles. The summed E-state index contributed by atoms with van der Waals surface area (Å²) in [6.45, 7) is 7.22. The molecular formula is C14H21N5O2. The van der Waals surface area contributed by atoms with E-state index in [0.717, 1.165) is 6.54 Å². The molecular weight excluding hydrogens is 270 g/mol. The minimum absolute atomic E-state index is 0.0701. The molecule has 1 N–H and O–H groups in total. The van der Waals surface area contributed by atoms with Gasteiger partial charge in [-0.2, -0.15) is 0 Å². The Morgan fingerprint density at radius 1 is 1.33 bits per heavy atom. The number of nitrogens with zero attached hydrogens (tertiary/aromatic N) is 4. The van der Waals surface area contributed by atoms with Crippen molar-refractivity contribution in [3.05, 3.63) is 17.8 Å². The minimum Gasteiger partial charge on any atom is -0.369 e. The SMILES string of the molecule is CCNc1ccc(C(=O)N2CCN(C)C(=O)C2(C)C)nn1. The molecule has 1 aliphatic rings. The Kier molecular flexibility index (Phi) is 4.11. The third-order valence-corrected chi connectivity index (χ3v) is 3.69. The summed E-state index contributed by atoms with van der Waals surface area (Å²) in [7, 11) is 1.75. The summed E-state index contributed by atoms with van der Waals surface area (Å²) in [6, 6.07) is 3.35. The maximum absolute atomic E-state index is 12.6. The van der Waals surface area contributed by atoms with E-state index in [1.807, 2.05) is 6.92 Å². The van der Waals surface area contributed by atoms with Crippen LogP contribution >= 0.6 is 0 Å². The maximum Gasteiger partial charge on any atom is 0.275 e. The summed E-state index contributed by atoms with van der Waals surface area (Å²) >= 11 is 0. The molecule has 2 rings (SSSR count). The number of hydrogen-bond donors (Lipinski definition) is 1. The summed E-state index contributed by atoms with van der Waals surface area (Å²) in [5.74, 6) is 0.291. The van der Waals surface area contributed by atoms with Crippen LogP contribution in [0.25, 0.3) is 0 Å². The highest BCUT2D eigenvalue weighted by Crippen LogP contribution is 2.23. The Hall–Kier alpha value is -2.18. The number of carbonyl (C=O) groups excluding carboxylic acids is 2. The summed E-state index contributed by atoms with van der Waals surface area (Å²) in [4.78, 5) is 28.0. The van der Waals surface area contributed by atoms with Crippen LogP contribution in [-0.4, -0.2) is 64.0 Å². The molecule has 1 saturated heterocycles. The first-order chi connectivity index (χ1) is 9.87. The lowest BCUT2D eigenvalue weighted by molar-refractivity contribution is -0.144. The predicted octanol–water partition coefficient (Wildman–Crippen LogP) is 0.601. The zero-order valence-corrected chi connectivity index (χ0v) is 12.9. The van der Waals surface area contributed by atoms with E-state index in [1.54, 1.807) is 42.8 Å². The molecule has 7 nitrogen and oxygen atoms in total. The first-order valence-electron chi connectivity index (χ1n) is 7.03. The molecule has 0 bridgehead atoms. The Balaban J connectivity index is 2.21. The van der Waals surface area contributed by atoms with Gasteiger partial charge in [0.25, 0.3) is 5.91 Å². The van der Waals surface area contributed by atoms with Gasteiger partial charge in [-0.3, -0.25) is 9.59 Å². The largest absolute Gasteiger partial charge is 0.369 e. The molecule has 1 aromatic rings. The normalized spacial score (nSPS) is 17.8. The fraction of sp³-hybridized carbons (Fsp3) is 0.571.